The molecule has 0 saturated carbocycles. The molecule has 0 atom stereocenters. The van der Waals surface area contributed by atoms with Gasteiger partial charge < -0.3 is 24.4 Å². The normalized spacial score (nSPS) is 16.9. The van der Waals surface area contributed by atoms with E-state index in [1.54, 1.807) is 19.2 Å². The number of carbonyl (C=O) groups excluding carboxylic acids is 1. The number of methoxy groups -OCH3 is 1. The van der Waals surface area contributed by atoms with Crippen LogP contribution < -0.4 is 19.5 Å². The van der Waals surface area contributed by atoms with Gasteiger partial charge in [-0.25, -0.2) is 0 Å². The number of fused-ring (bicyclic) bond motifs is 1. The van der Waals surface area contributed by atoms with Crippen molar-refractivity contribution in [2.45, 2.75) is 13.5 Å². The third-order valence-corrected chi connectivity index (χ3v) is 5.62. The predicted octanol–water partition coefficient (Wildman–Crippen LogP) is 2.86. The Hall–Kier alpha value is -2.77. The highest BCUT2D eigenvalue weighted by Gasteiger charge is 2.21. The molecule has 160 valence electrons. The van der Waals surface area contributed by atoms with E-state index >= 15 is 0 Å². The van der Waals surface area contributed by atoms with Crippen LogP contribution in [0.3, 0.4) is 0 Å². The number of rotatable bonds is 6. The molecule has 7 nitrogen and oxygen atoms in total. The van der Waals surface area contributed by atoms with Gasteiger partial charge in [0.1, 0.15) is 13.2 Å². The Balaban J connectivity index is 1.38. The number of piperazine rings is 1. The molecule has 0 aromatic heterocycles. The van der Waals surface area contributed by atoms with Gasteiger partial charge in [-0.1, -0.05) is 19.1 Å². The Morgan fingerprint density at radius 2 is 1.73 bits per heavy atom. The molecule has 30 heavy (non-hydrogen) atoms. The molecular weight excluding hydrogens is 382 g/mol. The molecule has 2 aliphatic rings. The van der Waals surface area contributed by atoms with Crippen LogP contribution in [0.25, 0.3) is 0 Å². The van der Waals surface area contributed by atoms with Crippen LogP contribution in [0, 0.1) is 0 Å². The SMILES string of the molecule is CCN1CCN(Cc2ccc(NC(=O)c3cc(OC)c4c(c3)OCCO4)cc2)CC1. The van der Waals surface area contributed by atoms with E-state index in [4.69, 9.17) is 14.2 Å². The first-order valence-corrected chi connectivity index (χ1v) is 10.5. The summed E-state index contributed by atoms with van der Waals surface area (Å²) in [6.07, 6.45) is 0. The summed E-state index contributed by atoms with van der Waals surface area (Å²) in [7, 11) is 1.55. The average Bonchev–Trinajstić information content (AvgIpc) is 2.80. The van der Waals surface area contributed by atoms with Crippen molar-refractivity contribution in [3.05, 3.63) is 47.5 Å². The number of nitrogens with one attached hydrogen (secondary N) is 1. The second kappa shape index (κ2) is 9.36. The van der Waals surface area contributed by atoms with Crippen LogP contribution in [-0.2, 0) is 6.54 Å². The average molecular weight is 412 g/mol. The summed E-state index contributed by atoms with van der Waals surface area (Å²) < 4.78 is 16.6. The Morgan fingerprint density at radius 3 is 2.43 bits per heavy atom. The molecule has 1 N–H and O–H groups in total. The molecule has 0 aliphatic carbocycles. The van der Waals surface area contributed by atoms with E-state index in [0.717, 1.165) is 45.0 Å². The Bertz CT molecular complexity index is 860. The van der Waals surface area contributed by atoms with Crippen molar-refractivity contribution in [1.82, 2.24) is 9.80 Å². The Kier molecular flexibility index (Phi) is 6.40. The number of hydrogen-bond acceptors (Lipinski definition) is 6. The smallest absolute Gasteiger partial charge is 0.255 e. The largest absolute Gasteiger partial charge is 0.493 e. The van der Waals surface area contributed by atoms with E-state index in [2.05, 4.69) is 34.2 Å². The maximum Gasteiger partial charge on any atom is 0.255 e. The monoisotopic (exact) mass is 411 g/mol. The van der Waals surface area contributed by atoms with Gasteiger partial charge in [-0.3, -0.25) is 9.69 Å². The van der Waals surface area contributed by atoms with Crippen LogP contribution in [0.5, 0.6) is 17.2 Å². The first-order chi connectivity index (χ1) is 14.7. The van der Waals surface area contributed by atoms with E-state index < -0.39 is 0 Å². The van der Waals surface area contributed by atoms with Crippen molar-refractivity contribution in [2.24, 2.45) is 0 Å². The second-order valence-electron chi connectivity index (χ2n) is 7.56. The zero-order chi connectivity index (χ0) is 20.9. The fraction of sp³-hybridized carbons (Fsp3) is 0.435. The summed E-state index contributed by atoms with van der Waals surface area (Å²) in [6.45, 7) is 9.64. The van der Waals surface area contributed by atoms with Gasteiger partial charge in [-0.15, -0.1) is 0 Å². The van der Waals surface area contributed by atoms with E-state index in [1.165, 1.54) is 5.56 Å². The summed E-state index contributed by atoms with van der Waals surface area (Å²) in [6, 6.07) is 11.4. The van der Waals surface area contributed by atoms with Gasteiger partial charge in [0.05, 0.1) is 7.11 Å². The highest BCUT2D eigenvalue weighted by Crippen LogP contribution is 2.40. The number of benzene rings is 2. The lowest BCUT2D eigenvalue weighted by Crippen LogP contribution is -2.45. The lowest BCUT2D eigenvalue weighted by Gasteiger charge is -2.34. The van der Waals surface area contributed by atoms with Gasteiger partial charge in [0.15, 0.2) is 11.5 Å². The van der Waals surface area contributed by atoms with Gasteiger partial charge in [-0.05, 0) is 36.4 Å². The van der Waals surface area contributed by atoms with Crippen molar-refractivity contribution in [1.29, 1.82) is 0 Å². The maximum atomic E-state index is 12.8. The van der Waals surface area contributed by atoms with Crippen molar-refractivity contribution in [2.75, 3.05) is 58.4 Å². The minimum Gasteiger partial charge on any atom is -0.493 e. The molecule has 0 radical (unpaired) electrons. The lowest BCUT2D eigenvalue weighted by molar-refractivity contribution is 0.102. The third-order valence-electron chi connectivity index (χ3n) is 5.62. The van der Waals surface area contributed by atoms with Crippen LogP contribution >= 0.6 is 0 Å². The molecule has 2 aromatic carbocycles. The summed E-state index contributed by atoms with van der Waals surface area (Å²) in [4.78, 5) is 17.7. The fourth-order valence-corrected chi connectivity index (χ4v) is 3.82. The second-order valence-corrected chi connectivity index (χ2v) is 7.56. The molecule has 0 spiro atoms. The highest BCUT2D eigenvalue weighted by molar-refractivity contribution is 6.05. The van der Waals surface area contributed by atoms with E-state index in [1.807, 2.05) is 12.1 Å². The predicted molar refractivity (Wildman–Crippen MR) is 116 cm³/mol. The molecular formula is C23H29N3O4. The van der Waals surface area contributed by atoms with Gasteiger partial charge in [-0.2, -0.15) is 0 Å². The van der Waals surface area contributed by atoms with Crippen LogP contribution in [0.1, 0.15) is 22.8 Å². The van der Waals surface area contributed by atoms with Crippen molar-refractivity contribution < 1.29 is 19.0 Å². The zero-order valence-electron chi connectivity index (χ0n) is 17.6. The van der Waals surface area contributed by atoms with Crippen LogP contribution in [0.2, 0.25) is 0 Å². The van der Waals surface area contributed by atoms with Crippen molar-refractivity contribution in [3.8, 4) is 17.2 Å². The summed E-state index contributed by atoms with van der Waals surface area (Å²) in [5.74, 6) is 1.36. The molecule has 1 fully saturated rings. The lowest BCUT2D eigenvalue weighted by atomic mass is 10.1. The van der Waals surface area contributed by atoms with Gasteiger partial charge in [0.25, 0.3) is 5.91 Å². The Morgan fingerprint density at radius 1 is 1.03 bits per heavy atom. The summed E-state index contributed by atoms with van der Waals surface area (Å²) in [5.41, 5.74) is 2.47. The molecule has 2 aromatic rings. The molecule has 1 amide bonds. The standard InChI is InChI=1S/C23H29N3O4/c1-3-25-8-10-26(11-9-25)16-17-4-6-19(7-5-17)24-23(27)18-14-20(28-2)22-21(15-18)29-12-13-30-22/h4-7,14-15H,3,8-13,16H2,1-2H3,(H,24,27). The van der Waals surface area contributed by atoms with E-state index in [9.17, 15) is 4.79 Å². The number of likely N-dealkylation sites (N-methyl/N-ethyl adjacent to an activating group) is 1. The molecule has 7 heteroatoms. The number of amides is 1. The van der Waals surface area contributed by atoms with E-state index in [-0.39, 0.29) is 5.91 Å². The van der Waals surface area contributed by atoms with Crippen molar-refractivity contribution in [3.63, 3.8) is 0 Å². The van der Waals surface area contributed by atoms with Gasteiger partial charge >= 0.3 is 0 Å². The summed E-state index contributed by atoms with van der Waals surface area (Å²) >= 11 is 0. The van der Waals surface area contributed by atoms with Crippen molar-refractivity contribution >= 4 is 11.6 Å². The minimum atomic E-state index is -0.214. The topological polar surface area (TPSA) is 63.3 Å². The van der Waals surface area contributed by atoms with E-state index in [0.29, 0.717) is 36.0 Å². The third kappa shape index (κ3) is 4.68. The fourth-order valence-electron chi connectivity index (χ4n) is 3.82. The van der Waals surface area contributed by atoms with Crippen LogP contribution in [-0.4, -0.2) is 68.8 Å². The van der Waals surface area contributed by atoms with Gasteiger partial charge in [0.2, 0.25) is 5.75 Å². The molecule has 1 saturated heterocycles. The molecule has 0 bridgehead atoms. The minimum absolute atomic E-state index is 0.214. The summed E-state index contributed by atoms with van der Waals surface area (Å²) in [5, 5.41) is 2.95. The quantitative estimate of drug-likeness (QED) is 0.789. The van der Waals surface area contributed by atoms with Crippen LogP contribution in [0.4, 0.5) is 5.69 Å². The highest BCUT2D eigenvalue weighted by atomic mass is 16.6. The van der Waals surface area contributed by atoms with Crippen LogP contribution in [0.15, 0.2) is 36.4 Å². The first kappa shape index (κ1) is 20.5. The number of nitrogens with zero attached hydrogens (tertiary/aromatic N) is 2. The number of anilines is 1. The maximum absolute atomic E-state index is 12.8. The molecule has 0 unspecified atom stereocenters. The Labute approximate surface area is 177 Å². The number of ether oxygens (including phenoxy) is 3. The molecule has 2 heterocycles. The number of carbonyl (C=O) groups is 1. The first-order valence-electron chi connectivity index (χ1n) is 10.5. The number of hydrogen-bond donors (Lipinski definition) is 1. The zero-order valence-corrected chi connectivity index (χ0v) is 17.6. The molecule has 2 aliphatic heterocycles. The molecule has 4 rings (SSSR count). The van der Waals surface area contributed by atoms with Gasteiger partial charge in [0, 0.05) is 44.0 Å².